The van der Waals surface area contributed by atoms with Gasteiger partial charge in [0.2, 0.25) is 0 Å². The summed E-state index contributed by atoms with van der Waals surface area (Å²) >= 11 is 0. The highest BCUT2D eigenvalue weighted by Gasteiger charge is 2.28. The first-order valence-electron chi connectivity index (χ1n) is 7.23. The molecule has 0 radical (unpaired) electrons. The van der Waals surface area contributed by atoms with Crippen LogP contribution in [0.1, 0.15) is 23.3 Å². The van der Waals surface area contributed by atoms with E-state index in [2.05, 4.69) is 4.98 Å². The number of fused-ring (bicyclic) bond motifs is 1. The van der Waals surface area contributed by atoms with E-state index in [9.17, 15) is 9.59 Å². The molecule has 1 aromatic carbocycles. The van der Waals surface area contributed by atoms with E-state index in [-0.39, 0.29) is 11.8 Å². The molecule has 0 spiro atoms. The number of hydrogen-bond donors (Lipinski definition) is 2. The van der Waals surface area contributed by atoms with Gasteiger partial charge in [-0.25, -0.2) is 0 Å². The van der Waals surface area contributed by atoms with Crippen LogP contribution in [0.25, 0.3) is 10.8 Å². The first-order valence-corrected chi connectivity index (χ1v) is 7.23. The zero-order valence-corrected chi connectivity index (χ0v) is 12.0. The van der Waals surface area contributed by atoms with Gasteiger partial charge in [-0.2, -0.15) is 0 Å². The summed E-state index contributed by atoms with van der Waals surface area (Å²) in [5.41, 5.74) is 6.86. The molecule has 1 saturated heterocycles. The third-order valence-electron chi connectivity index (χ3n) is 4.16. The Morgan fingerprint density at radius 3 is 2.64 bits per heavy atom. The maximum atomic E-state index is 12.7. The number of nitrogen functional groups attached to an aromatic ring is 1. The summed E-state index contributed by atoms with van der Waals surface area (Å²) < 4.78 is 0. The van der Waals surface area contributed by atoms with Crippen LogP contribution >= 0.6 is 0 Å². The molecule has 1 aliphatic rings. The Kier molecular flexibility index (Phi) is 3.66. The Hall–Kier alpha value is -2.63. The van der Waals surface area contributed by atoms with Crippen LogP contribution in [0.15, 0.2) is 30.5 Å². The summed E-state index contributed by atoms with van der Waals surface area (Å²) in [6, 6.07) is 7.29. The molecule has 0 saturated carbocycles. The minimum absolute atomic E-state index is 0.188. The van der Waals surface area contributed by atoms with E-state index in [1.165, 1.54) is 0 Å². The van der Waals surface area contributed by atoms with Crippen molar-refractivity contribution in [2.24, 2.45) is 5.92 Å². The van der Waals surface area contributed by atoms with Crippen molar-refractivity contribution in [2.45, 2.75) is 12.8 Å². The number of nitrogens with zero attached hydrogens (tertiary/aromatic N) is 2. The molecule has 0 bridgehead atoms. The molecule has 3 N–H and O–H groups in total. The highest BCUT2D eigenvalue weighted by Crippen LogP contribution is 2.26. The lowest BCUT2D eigenvalue weighted by molar-refractivity contribution is -0.143. The Balaban J connectivity index is 1.89. The van der Waals surface area contributed by atoms with Gasteiger partial charge in [0.05, 0.1) is 5.92 Å². The Morgan fingerprint density at radius 1 is 1.23 bits per heavy atom. The van der Waals surface area contributed by atoms with Crippen molar-refractivity contribution in [3.8, 4) is 0 Å². The highest BCUT2D eigenvalue weighted by molar-refractivity contribution is 6.09. The van der Waals surface area contributed by atoms with Gasteiger partial charge in [-0.1, -0.05) is 12.1 Å². The van der Waals surface area contributed by atoms with Crippen LogP contribution in [-0.2, 0) is 4.79 Å². The van der Waals surface area contributed by atoms with Crippen molar-refractivity contribution in [1.82, 2.24) is 9.88 Å². The number of aliphatic carboxylic acids is 1. The molecule has 0 unspecified atom stereocenters. The number of carboxylic acids is 1. The molecule has 22 heavy (non-hydrogen) atoms. The predicted molar refractivity (Wildman–Crippen MR) is 82.4 cm³/mol. The molecule has 1 amide bonds. The number of aromatic nitrogens is 1. The van der Waals surface area contributed by atoms with Crippen molar-refractivity contribution in [1.29, 1.82) is 0 Å². The smallest absolute Gasteiger partial charge is 0.306 e. The fourth-order valence-electron chi connectivity index (χ4n) is 2.90. The quantitative estimate of drug-likeness (QED) is 0.824. The van der Waals surface area contributed by atoms with Crippen LogP contribution in [-0.4, -0.2) is 40.0 Å². The normalized spacial score (nSPS) is 15.9. The molecular weight excluding hydrogens is 282 g/mol. The molecule has 1 aliphatic heterocycles. The fraction of sp³-hybridized carbons (Fsp3) is 0.312. The number of rotatable bonds is 2. The molecule has 114 valence electrons. The van der Waals surface area contributed by atoms with Crippen LogP contribution in [0, 0.1) is 5.92 Å². The lowest BCUT2D eigenvalue weighted by Gasteiger charge is -2.30. The zero-order valence-electron chi connectivity index (χ0n) is 12.0. The van der Waals surface area contributed by atoms with Gasteiger partial charge < -0.3 is 15.7 Å². The van der Waals surface area contributed by atoms with Crippen LogP contribution in [0.4, 0.5) is 5.69 Å². The molecule has 1 aromatic heterocycles. The summed E-state index contributed by atoms with van der Waals surface area (Å²) in [6.45, 7) is 0.862. The lowest BCUT2D eigenvalue weighted by Crippen LogP contribution is -2.40. The number of carbonyl (C=O) groups excluding carboxylic acids is 1. The Labute approximate surface area is 127 Å². The Bertz CT molecular complexity index is 731. The third-order valence-corrected chi connectivity index (χ3v) is 4.16. The van der Waals surface area contributed by atoms with Crippen LogP contribution in [0.2, 0.25) is 0 Å². The summed E-state index contributed by atoms with van der Waals surface area (Å²) in [5.74, 6) is -1.35. The Morgan fingerprint density at radius 2 is 1.95 bits per heavy atom. The number of piperidine rings is 1. The number of benzene rings is 1. The number of hydrogen-bond acceptors (Lipinski definition) is 4. The average Bonchev–Trinajstić information content (AvgIpc) is 2.54. The third kappa shape index (κ3) is 2.47. The van der Waals surface area contributed by atoms with Gasteiger partial charge in [0.15, 0.2) is 0 Å². The zero-order chi connectivity index (χ0) is 15.7. The van der Waals surface area contributed by atoms with Gasteiger partial charge in [-0.15, -0.1) is 0 Å². The van der Waals surface area contributed by atoms with E-state index in [4.69, 9.17) is 10.8 Å². The van der Waals surface area contributed by atoms with Gasteiger partial charge in [0, 0.05) is 30.4 Å². The minimum atomic E-state index is -0.792. The van der Waals surface area contributed by atoms with Gasteiger partial charge in [-0.05, 0) is 30.4 Å². The molecule has 6 nitrogen and oxygen atoms in total. The van der Waals surface area contributed by atoms with Gasteiger partial charge in [0.25, 0.3) is 5.91 Å². The highest BCUT2D eigenvalue weighted by atomic mass is 16.4. The molecule has 3 rings (SSSR count). The van der Waals surface area contributed by atoms with E-state index >= 15 is 0 Å². The lowest BCUT2D eigenvalue weighted by atomic mass is 9.96. The molecule has 6 heteroatoms. The minimum Gasteiger partial charge on any atom is -0.481 e. The van der Waals surface area contributed by atoms with E-state index in [1.54, 1.807) is 17.2 Å². The second-order valence-electron chi connectivity index (χ2n) is 5.51. The van der Waals surface area contributed by atoms with E-state index in [0.717, 1.165) is 5.39 Å². The number of likely N-dealkylation sites (tertiary alicyclic amines) is 1. The maximum Gasteiger partial charge on any atom is 0.306 e. The second-order valence-corrected chi connectivity index (χ2v) is 5.51. The number of pyridine rings is 1. The molecule has 2 aromatic rings. The van der Waals surface area contributed by atoms with E-state index in [0.29, 0.717) is 42.7 Å². The van der Waals surface area contributed by atoms with E-state index < -0.39 is 5.97 Å². The molecule has 2 heterocycles. The maximum absolute atomic E-state index is 12.7. The molecule has 1 fully saturated rings. The summed E-state index contributed by atoms with van der Waals surface area (Å²) in [4.78, 5) is 29.6. The largest absolute Gasteiger partial charge is 0.481 e. The molecule has 0 atom stereocenters. The first kappa shape index (κ1) is 14.3. The van der Waals surface area contributed by atoms with Crippen molar-refractivity contribution in [3.05, 3.63) is 36.2 Å². The van der Waals surface area contributed by atoms with Crippen molar-refractivity contribution in [3.63, 3.8) is 0 Å². The topological polar surface area (TPSA) is 96.5 Å². The number of anilines is 1. The summed E-state index contributed by atoms with van der Waals surface area (Å²) in [7, 11) is 0. The summed E-state index contributed by atoms with van der Waals surface area (Å²) in [5, 5.41) is 10.6. The molecular formula is C16H17N3O3. The average molecular weight is 299 g/mol. The summed E-state index contributed by atoms with van der Waals surface area (Å²) in [6.07, 6.45) is 2.54. The number of amides is 1. The van der Waals surface area contributed by atoms with Crippen molar-refractivity contribution < 1.29 is 14.7 Å². The van der Waals surface area contributed by atoms with Gasteiger partial charge >= 0.3 is 5.97 Å². The number of nitrogens with two attached hydrogens (primary N) is 1. The standard InChI is InChI=1S/C16H17N3O3/c17-12-3-1-2-10-4-7-18-14(13(10)12)15(20)19-8-5-11(6-9-19)16(21)22/h1-4,7,11H,5-6,8-9,17H2,(H,21,22). The fourth-order valence-corrected chi connectivity index (χ4v) is 2.90. The monoisotopic (exact) mass is 299 g/mol. The van der Waals surface area contributed by atoms with Gasteiger partial charge in [-0.3, -0.25) is 14.6 Å². The van der Waals surface area contributed by atoms with Crippen LogP contribution in [0.5, 0.6) is 0 Å². The predicted octanol–water partition coefficient (Wildman–Crippen LogP) is 1.75. The van der Waals surface area contributed by atoms with Gasteiger partial charge in [0.1, 0.15) is 5.69 Å². The number of carboxylic acid groups (broad SMARTS) is 1. The van der Waals surface area contributed by atoms with Crippen LogP contribution < -0.4 is 5.73 Å². The van der Waals surface area contributed by atoms with E-state index in [1.807, 2.05) is 18.2 Å². The van der Waals surface area contributed by atoms with Crippen molar-refractivity contribution in [2.75, 3.05) is 18.8 Å². The van der Waals surface area contributed by atoms with Crippen molar-refractivity contribution >= 4 is 28.3 Å². The SMILES string of the molecule is Nc1cccc2ccnc(C(=O)N3CCC(C(=O)O)CC3)c12. The first-order chi connectivity index (χ1) is 10.6. The second kappa shape index (κ2) is 5.63. The molecule has 0 aliphatic carbocycles. The van der Waals surface area contributed by atoms with Crippen LogP contribution in [0.3, 0.4) is 0 Å². The number of carbonyl (C=O) groups is 2.